The minimum atomic E-state index is -3.62. The van der Waals surface area contributed by atoms with Crippen LogP contribution in [0.1, 0.15) is 48.8 Å². The first-order valence-corrected chi connectivity index (χ1v) is 14.3. The van der Waals surface area contributed by atoms with E-state index in [2.05, 4.69) is 4.72 Å². The predicted molar refractivity (Wildman–Crippen MR) is 146 cm³/mol. The van der Waals surface area contributed by atoms with Crippen LogP contribution in [0.3, 0.4) is 0 Å². The van der Waals surface area contributed by atoms with Crippen molar-refractivity contribution in [1.82, 2.24) is 0 Å². The van der Waals surface area contributed by atoms with Gasteiger partial charge in [0.05, 0.1) is 5.75 Å². The van der Waals surface area contributed by atoms with Crippen LogP contribution in [-0.2, 0) is 25.3 Å². The van der Waals surface area contributed by atoms with Crippen LogP contribution in [0, 0.1) is 6.92 Å². The van der Waals surface area contributed by atoms with Gasteiger partial charge in [-0.05, 0) is 79.1 Å². The molecule has 0 aromatic heterocycles. The highest BCUT2D eigenvalue weighted by Gasteiger charge is 2.49. The molecule has 1 saturated carbocycles. The van der Waals surface area contributed by atoms with Crippen LogP contribution in [0.5, 0.6) is 0 Å². The number of halogens is 1. The lowest BCUT2D eigenvalue weighted by atomic mass is 9.82. The maximum Gasteiger partial charge on any atom is 0.343 e. The number of carbonyl (C=O) groups excluding carboxylic acids is 1. The molecule has 0 bridgehead atoms. The molecule has 0 unspecified atom stereocenters. The summed E-state index contributed by atoms with van der Waals surface area (Å²) in [6.07, 6.45) is 4.09. The summed E-state index contributed by atoms with van der Waals surface area (Å²) < 4.78 is 33.8. The molecule has 2 aliphatic rings. The van der Waals surface area contributed by atoms with Gasteiger partial charge in [0.15, 0.2) is 11.4 Å². The lowest BCUT2D eigenvalue weighted by Gasteiger charge is -2.31. The van der Waals surface area contributed by atoms with Crippen molar-refractivity contribution < 1.29 is 23.1 Å². The number of anilines is 1. The number of esters is 1. The average molecular weight is 538 g/mol. The molecule has 8 heteroatoms. The fourth-order valence-electron chi connectivity index (χ4n) is 5.23. The Bertz CT molecular complexity index is 1490. The fourth-order valence-corrected chi connectivity index (χ4v) is 6.69. The van der Waals surface area contributed by atoms with E-state index in [-0.39, 0.29) is 17.1 Å². The number of rotatable bonds is 6. The topological polar surface area (TPSA) is 92.7 Å². The van der Waals surface area contributed by atoms with Gasteiger partial charge in [-0.15, -0.1) is 0 Å². The molecule has 6 nitrogen and oxygen atoms in total. The quantitative estimate of drug-likeness (QED) is 0.338. The van der Waals surface area contributed by atoms with Crippen molar-refractivity contribution in [3.63, 3.8) is 0 Å². The Morgan fingerprint density at radius 1 is 0.973 bits per heavy atom. The summed E-state index contributed by atoms with van der Waals surface area (Å²) in [7, 11) is -3.62. The maximum atomic E-state index is 12.8. The van der Waals surface area contributed by atoms with Gasteiger partial charge in [0.25, 0.3) is 0 Å². The molecule has 3 aromatic carbocycles. The molecule has 1 aliphatic heterocycles. The summed E-state index contributed by atoms with van der Waals surface area (Å²) in [6.45, 7) is 1.85. The van der Waals surface area contributed by atoms with E-state index >= 15 is 0 Å². The van der Waals surface area contributed by atoms with Crippen molar-refractivity contribution in [3.8, 4) is 11.1 Å². The van der Waals surface area contributed by atoms with Gasteiger partial charge in [0, 0.05) is 16.3 Å². The van der Waals surface area contributed by atoms with Gasteiger partial charge in [0.1, 0.15) is 5.57 Å². The zero-order valence-corrected chi connectivity index (χ0v) is 22.0. The number of carbonyl (C=O) groups is 1. The van der Waals surface area contributed by atoms with Crippen LogP contribution < -0.4 is 4.72 Å². The number of aliphatic hydroxyl groups excluding tert-OH is 1. The third kappa shape index (κ3) is 5.11. The molecule has 0 amide bonds. The molecular weight excluding hydrogens is 510 g/mol. The van der Waals surface area contributed by atoms with Crippen LogP contribution in [0.2, 0.25) is 5.02 Å². The summed E-state index contributed by atoms with van der Waals surface area (Å²) in [4.78, 5) is 12.8. The molecular formula is C29H28ClNO5S. The average Bonchev–Trinajstić information content (AvgIpc) is 3.09. The van der Waals surface area contributed by atoms with E-state index in [0.29, 0.717) is 40.2 Å². The van der Waals surface area contributed by atoms with E-state index in [0.717, 1.165) is 30.4 Å². The van der Waals surface area contributed by atoms with Crippen molar-refractivity contribution in [2.45, 2.75) is 50.4 Å². The zero-order chi connectivity index (χ0) is 26.2. The Kier molecular flexibility index (Phi) is 6.77. The second kappa shape index (κ2) is 9.88. The summed E-state index contributed by atoms with van der Waals surface area (Å²) in [5, 5.41) is 11.4. The summed E-state index contributed by atoms with van der Waals surface area (Å²) in [6, 6.07) is 19.5. The van der Waals surface area contributed by atoms with Crippen LogP contribution in [0.25, 0.3) is 16.7 Å². The second-order valence-corrected chi connectivity index (χ2v) is 11.9. The Hall–Kier alpha value is -3.29. The second-order valence-electron chi connectivity index (χ2n) is 9.74. The molecule has 1 spiro atoms. The highest BCUT2D eigenvalue weighted by Crippen LogP contribution is 2.46. The number of nitrogens with one attached hydrogen (secondary N) is 1. The highest BCUT2D eigenvalue weighted by molar-refractivity contribution is 7.91. The summed E-state index contributed by atoms with van der Waals surface area (Å²) >= 11 is 6.68. The van der Waals surface area contributed by atoms with E-state index in [4.69, 9.17) is 16.3 Å². The monoisotopic (exact) mass is 537 g/mol. The smallest absolute Gasteiger partial charge is 0.343 e. The molecule has 192 valence electrons. The van der Waals surface area contributed by atoms with Gasteiger partial charge in [-0.3, -0.25) is 4.72 Å². The molecule has 0 atom stereocenters. The molecule has 1 heterocycles. The molecule has 2 N–H and O–H groups in total. The fraction of sp³-hybridized carbons (Fsp3) is 0.276. The molecule has 0 radical (unpaired) electrons. The Labute approximate surface area is 222 Å². The van der Waals surface area contributed by atoms with E-state index in [1.165, 1.54) is 0 Å². The van der Waals surface area contributed by atoms with E-state index in [1.807, 2.05) is 25.1 Å². The van der Waals surface area contributed by atoms with Crippen LogP contribution in [0.15, 0.2) is 72.5 Å². The van der Waals surface area contributed by atoms with Gasteiger partial charge >= 0.3 is 5.97 Å². The first-order valence-electron chi connectivity index (χ1n) is 12.3. The SMILES string of the molecule is Cc1cc(-c2cccc(NS(=O)(=O)Cc3ccccc3)c2)c(Cl)cc1C1=C(O)C2(CCCCC2)OC1=O. The van der Waals surface area contributed by atoms with Gasteiger partial charge < -0.3 is 9.84 Å². The lowest BCUT2D eigenvalue weighted by Crippen LogP contribution is -2.34. The van der Waals surface area contributed by atoms with E-state index in [9.17, 15) is 18.3 Å². The standard InChI is InChI=1S/C29H28ClNO5S/c1-19-15-24(21-11-8-12-22(16-21)31-37(34,35)18-20-9-4-2-5-10-20)25(30)17-23(19)26-27(32)29(36-28(26)33)13-6-3-7-14-29/h2,4-5,8-12,15-17,31-32H,3,6-7,13-14,18H2,1H3. The van der Waals surface area contributed by atoms with Crippen LogP contribution in [0.4, 0.5) is 5.69 Å². The normalized spacial score (nSPS) is 17.2. The number of hydrogen-bond acceptors (Lipinski definition) is 5. The van der Waals surface area contributed by atoms with Crippen molar-refractivity contribution in [1.29, 1.82) is 0 Å². The molecule has 1 aliphatic carbocycles. The summed E-state index contributed by atoms with van der Waals surface area (Å²) in [5.41, 5.74) is 3.06. The van der Waals surface area contributed by atoms with Crippen molar-refractivity contribution in [2.24, 2.45) is 0 Å². The van der Waals surface area contributed by atoms with E-state index < -0.39 is 21.6 Å². The largest absolute Gasteiger partial charge is 0.507 e. The number of ether oxygens (including phenoxy) is 1. The van der Waals surface area contributed by atoms with E-state index in [1.54, 1.807) is 48.5 Å². The minimum Gasteiger partial charge on any atom is -0.507 e. The lowest BCUT2D eigenvalue weighted by molar-refractivity contribution is -0.149. The number of aliphatic hydroxyl groups is 1. The minimum absolute atomic E-state index is 0.000985. The van der Waals surface area contributed by atoms with Crippen LogP contribution in [-0.4, -0.2) is 25.1 Å². The number of benzene rings is 3. The third-order valence-electron chi connectivity index (χ3n) is 7.05. The van der Waals surface area contributed by atoms with Gasteiger partial charge in [0.2, 0.25) is 10.0 Å². The first kappa shape index (κ1) is 25.4. The van der Waals surface area contributed by atoms with Gasteiger partial charge in [-0.25, -0.2) is 13.2 Å². The highest BCUT2D eigenvalue weighted by atomic mass is 35.5. The van der Waals surface area contributed by atoms with Crippen molar-refractivity contribution in [2.75, 3.05) is 4.72 Å². The number of sulfonamides is 1. The zero-order valence-electron chi connectivity index (χ0n) is 20.5. The molecule has 5 rings (SSSR count). The Morgan fingerprint density at radius 2 is 1.70 bits per heavy atom. The van der Waals surface area contributed by atoms with Crippen molar-refractivity contribution >= 4 is 38.9 Å². The molecule has 3 aromatic rings. The van der Waals surface area contributed by atoms with Gasteiger partial charge in [-0.2, -0.15) is 0 Å². The molecule has 0 saturated heterocycles. The van der Waals surface area contributed by atoms with Crippen LogP contribution >= 0.6 is 11.6 Å². The third-order valence-corrected chi connectivity index (χ3v) is 8.62. The molecule has 1 fully saturated rings. The first-order chi connectivity index (χ1) is 17.7. The maximum absolute atomic E-state index is 12.8. The summed E-state index contributed by atoms with van der Waals surface area (Å²) in [5.74, 6) is -0.664. The van der Waals surface area contributed by atoms with Crippen molar-refractivity contribution in [3.05, 3.63) is 94.2 Å². The number of hydrogen-bond donors (Lipinski definition) is 2. The predicted octanol–water partition coefficient (Wildman–Crippen LogP) is 6.79. The Balaban J connectivity index is 1.44. The Morgan fingerprint density at radius 3 is 2.43 bits per heavy atom. The van der Waals surface area contributed by atoms with Gasteiger partial charge in [-0.1, -0.05) is 60.5 Å². The molecule has 37 heavy (non-hydrogen) atoms. The number of aryl methyl sites for hydroxylation is 1.